The van der Waals surface area contributed by atoms with Crippen LogP contribution in [0, 0.1) is 11.6 Å². The molecule has 1 atom stereocenters. The van der Waals surface area contributed by atoms with Crippen molar-refractivity contribution in [2.75, 3.05) is 13.7 Å². The van der Waals surface area contributed by atoms with Crippen molar-refractivity contribution in [1.29, 1.82) is 0 Å². The molecule has 3 aromatic rings. The Morgan fingerprint density at radius 1 is 0.900 bits per heavy atom. The van der Waals surface area contributed by atoms with Crippen LogP contribution >= 0.6 is 0 Å². The smallest absolute Gasteiger partial charge is 0.461 e. The molecule has 2 N–H and O–H groups in total. The summed E-state index contributed by atoms with van der Waals surface area (Å²) in [7, 11) is 1.10. The largest absolute Gasteiger partial charge is 0.494 e. The molecule has 216 valence electrons. The van der Waals surface area contributed by atoms with E-state index in [1.807, 2.05) is 0 Å². The van der Waals surface area contributed by atoms with E-state index in [2.05, 4.69) is 10.1 Å². The number of hydrogen-bond acceptors (Lipinski definition) is 3. The van der Waals surface area contributed by atoms with E-state index in [1.165, 1.54) is 12.1 Å². The Kier molecular flexibility index (Phi) is 9.10. The lowest BCUT2D eigenvalue weighted by molar-refractivity contribution is -0.253. The number of hydrogen-bond donors (Lipinski definition) is 2. The molecule has 3 aromatic carbocycles. The molecule has 0 aliphatic carbocycles. The van der Waals surface area contributed by atoms with Crippen molar-refractivity contribution >= 4 is 6.03 Å². The van der Waals surface area contributed by atoms with Crippen molar-refractivity contribution in [2.45, 2.75) is 30.7 Å². The van der Waals surface area contributed by atoms with E-state index in [9.17, 15) is 44.3 Å². The lowest BCUT2D eigenvalue weighted by atomic mass is 9.77. The number of carbonyl (C=O) groups is 1. The molecular weight excluding hydrogens is 559 g/mol. The third kappa shape index (κ3) is 7.51. The van der Waals surface area contributed by atoms with Gasteiger partial charge in [-0.3, -0.25) is 0 Å². The van der Waals surface area contributed by atoms with Gasteiger partial charge in [-0.2, -0.15) is 30.7 Å². The fourth-order valence-corrected chi connectivity index (χ4v) is 3.87. The molecule has 1 unspecified atom stereocenters. The number of rotatable bonds is 10. The second-order valence-corrected chi connectivity index (χ2v) is 8.48. The second-order valence-electron chi connectivity index (χ2n) is 8.48. The summed E-state index contributed by atoms with van der Waals surface area (Å²) in [6, 6.07) is 11.3. The molecule has 0 fully saturated rings. The maximum absolute atomic E-state index is 14.8. The number of benzene rings is 3. The first-order valence-corrected chi connectivity index (χ1v) is 11.3. The third-order valence-electron chi connectivity index (χ3n) is 5.60. The van der Waals surface area contributed by atoms with E-state index < -0.39 is 59.8 Å². The number of urea groups is 1. The molecule has 14 heteroatoms. The minimum absolute atomic E-state index is 0.0890. The molecule has 0 aromatic heterocycles. The molecular formula is C26H21F9N2O3. The molecule has 2 amide bonds. The average molecular weight is 580 g/mol. The van der Waals surface area contributed by atoms with Gasteiger partial charge in [-0.1, -0.05) is 36.4 Å². The number of ether oxygens (including phenoxy) is 2. The van der Waals surface area contributed by atoms with Gasteiger partial charge >= 0.3 is 24.7 Å². The molecule has 0 heterocycles. The zero-order valence-electron chi connectivity index (χ0n) is 20.5. The zero-order valence-corrected chi connectivity index (χ0v) is 20.5. The molecule has 0 aliphatic heterocycles. The molecule has 0 saturated carbocycles. The van der Waals surface area contributed by atoms with Crippen molar-refractivity contribution in [2.24, 2.45) is 0 Å². The van der Waals surface area contributed by atoms with Crippen LogP contribution in [-0.4, -0.2) is 38.4 Å². The number of nitrogens with one attached hydrogen (secondary N) is 2. The molecule has 0 bridgehead atoms. The fourth-order valence-electron chi connectivity index (χ4n) is 3.87. The normalized spacial score (nSPS) is 13.5. The van der Waals surface area contributed by atoms with E-state index in [4.69, 9.17) is 4.74 Å². The van der Waals surface area contributed by atoms with Gasteiger partial charge in [0.2, 0.25) is 0 Å². The van der Waals surface area contributed by atoms with Crippen LogP contribution in [0.15, 0.2) is 66.7 Å². The van der Waals surface area contributed by atoms with E-state index in [1.54, 1.807) is 23.5 Å². The summed E-state index contributed by atoms with van der Waals surface area (Å²) >= 11 is 0. The van der Waals surface area contributed by atoms with Gasteiger partial charge in [-0.05, 0) is 41.0 Å². The number of amides is 2. The Hall–Kier alpha value is -4.10. The first-order chi connectivity index (χ1) is 18.6. The molecule has 40 heavy (non-hydrogen) atoms. The van der Waals surface area contributed by atoms with Crippen LogP contribution in [-0.2, 0) is 12.0 Å². The van der Waals surface area contributed by atoms with Crippen LogP contribution in [0.3, 0.4) is 0 Å². The Bertz CT molecular complexity index is 1320. The van der Waals surface area contributed by atoms with Gasteiger partial charge in [-0.25, -0.2) is 13.6 Å². The van der Waals surface area contributed by atoms with Crippen molar-refractivity contribution in [3.05, 3.63) is 95.1 Å². The van der Waals surface area contributed by atoms with Crippen LogP contribution in [0.25, 0.3) is 0 Å². The maximum atomic E-state index is 14.8. The lowest BCUT2D eigenvalue weighted by Gasteiger charge is -2.37. The van der Waals surface area contributed by atoms with E-state index >= 15 is 0 Å². The minimum Gasteiger partial charge on any atom is -0.494 e. The highest BCUT2D eigenvalue weighted by Gasteiger charge is 2.45. The van der Waals surface area contributed by atoms with Gasteiger partial charge in [0.05, 0.1) is 12.6 Å². The topological polar surface area (TPSA) is 59.6 Å². The number of halogens is 9. The Morgan fingerprint density at radius 2 is 1.57 bits per heavy atom. The van der Waals surface area contributed by atoms with Crippen LogP contribution in [0.5, 0.6) is 11.5 Å². The Labute approximate surface area is 221 Å². The zero-order chi connectivity index (χ0) is 29.7. The molecule has 5 nitrogen and oxygen atoms in total. The highest BCUT2D eigenvalue weighted by atomic mass is 19.4. The van der Waals surface area contributed by atoms with Gasteiger partial charge < -0.3 is 20.1 Å². The highest BCUT2D eigenvalue weighted by molar-refractivity contribution is 5.76. The van der Waals surface area contributed by atoms with Crippen molar-refractivity contribution in [1.82, 2.24) is 10.6 Å². The van der Waals surface area contributed by atoms with Gasteiger partial charge in [0, 0.05) is 12.5 Å². The third-order valence-corrected chi connectivity index (χ3v) is 5.60. The second kappa shape index (κ2) is 12.0. The van der Waals surface area contributed by atoms with Crippen LogP contribution in [0.1, 0.15) is 16.7 Å². The molecule has 3 rings (SSSR count). The highest BCUT2D eigenvalue weighted by Crippen LogP contribution is 2.39. The summed E-state index contributed by atoms with van der Waals surface area (Å²) in [6.07, 6.45) is -14.5. The monoisotopic (exact) mass is 580 g/mol. The summed E-state index contributed by atoms with van der Waals surface area (Å²) in [6.45, 7) is -1.77. The molecule has 0 aliphatic rings. The van der Waals surface area contributed by atoms with Gasteiger partial charge in [-0.15, -0.1) is 0 Å². The fraction of sp³-hybridized carbons (Fsp3) is 0.269. The van der Waals surface area contributed by atoms with Crippen molar-refractivity contribution in [3.8, 4) is 11.5 Å². The number of methoxy groups -OCH3 is 1. The summed E-state index contributed by atoms with van der Waals surface area (Å²) in [5.74, 6) is -3.61. The minimum atomic E-state index is -5.04. The maximum Gasteiger partial charge on any atom is 0.461 e. The quantitative estimate of drug-likeness (QED) is 0.267. The van der Waals surface area contributed by atoms with Crippen LogP contribution < -0.4 is 20.1 Å². The van der Waals surface area contributed by atoms with Gasteiger partial charge in [0.15, 0.2) is 11.6 Å². The Balaban J connectivity index is 2.28. The molecule has 0 radical (unpaired) electrons. The molecule has 0 spiro atoms. The summed E-state index contributed by atoms with van der Waals surface area (Å²) < 4.78 is 129. The van der Waals surface area contributed by atoms with E-state index in [0.29, 0.717) is 17.7 Å². The van der Waals surface area contributed by atoms with E-state index in [-0.39, 0.29) is 17.7 Å². The van der Waals surface area contributed by atoms with Gasteiger partial charge in [0.25, 0.3) is 0 Å². The van der Waals surface area contributed by atoms with E-state index in [0.717, 1.165) is 31.4 Å². The average Bonchev–Trinajstić information content (AvgIpc) is 2.87. The SMILES string of the molecule is COc1cc(C(Cc2ccccc2)(NC(=O)NCC(F)(F)F)c2cc(F)cc(OC(F)(F)C(F)F)c2)ccc1F. The predicted octanol–water partition coefficient (Wildman–Crippen LogP) is 6.56. The molecule has 0 saturated heterocycles. The standard InChI is InChI=1S/C26H21F9N2O3/c1-39-21-11-16(7-8-20(21)28)24(13-15-5-3-2-4-6-15,37-23(38)36-14-25(31,32)33)17-9-18(27)12-19(10-17)40-26(34,35)22(29)30/h2-12,22H,13-14H2,1H3,(H2,36,37,38). The van der Waals surface area contributed by atoms with Crippen molar-refractivity contribution < 1.29 is 53.8 Å². The van der Waals surface area contributed by atoms with Crippen LogP contribution in [0.4, 0.5) is 44.3 Å². The Morgan fingerprint density at radius 3 is 2.17 bits per heavy atom. The lowest BCUT2D eigenvalue weighted by Crippen LogP contribution is -2.53. The van der Waals surface area contributed by atoms with Gasteiger partial charge in [0.1, 0.15) is 18.1 Å². The first kappa shape index (κ1) is 30.4. The summed E-state index contributed by atoms with van der Waals surface area (Å²) in [5.41, 5.74) is -2.22. The van der Waals surface area contributed by atoms with Crippen molar-refractivity contribution in [3.63, 3.8) is 0 Å². The first-order valence-electron chi connectivity index (χ1n) is 11.3. The summed E-state index contributed by atoms with van der Waals surface area (Å²) in [4.78, 5) is 12.8. The van der Waals surface area contributed by atoms with Crippen LogP contribution in [0.2, 0.25) is 0 Å². The number of alkyl halides is 7. The number of carbonyl (C=O) groups excluding carboxylic acids is 1. The predicted molar refractivity (Wildman–Crippen MR) is 124 cm³/mol. The summed E-state index contributed by atoms with van der Waals surface area (Å²) in [5, 5.41) is 3.91.